The third-order valence-corrected chi connectivity index (χ3v) is 3.10. The molecule has 1 aromatic rings. The molecule has 0 heterocycles. The van der Waals surface area contributed by atoms with Crippen molar-refractivity contribution >= 4 is 0 Å². The lowest BCUT2D eigenvalue weighted by Gasteiger charge is -2.21. The van der Waals surface area contributed by atoms with E-state index in [1.54, 1.807) is 13.0 Å². The highest BCUT2D eigenvalue weighted by Gasteiger charge is 2.31. The Labute approximate surface area is 118 Å². The molecule has 0 aliphatic carbocycles. The number of halogens is 3. The number of benzene rings is 1. The van der Waals surface area contributed by atoms with Gasteiger partial charge in [0.2, 0.25) is 0 Å². The van der Waals surface area contributed by atoms with Gasteiger partial charge in [0.15, 0.2) is 0 Å². The standard InChI is InChI=1S/C15H22F3NO/c1-4-8-19-14(10-20-5-2)13-7-6-12(9-11(13)3)15(16,17)18/h6-7,9,14,19H,4-5,8,10H2,1-3H3. The summed E-state index contributed by atoms with van der Waals surface area (Å²) in [7, 11) is 0. The zero-order chi connectivity index (χ0) is 15.2. The fourth-order valence-electron chi connectivity index (χ4n) is 2.06. The van der Waals surface area contributed by atoms with E-state index in [-0.39, 0.29) is 6.04 Å². The van der Waals surface area contributed by atoms with E-state index in [0.717, 1.165) is 24.6 Å². The van der Waals surface area contributed by atoms with Crippen molar-refractivity contribution < 1.29 is 17.9 Å². The number of rotatable bonds is 7. The SMILES string of the molecule is CCCNC(COCC)c1ccc(C(F)(F)F)cc1C. The summed E-state index contributed by atoms with van der Waals surface area (Å²) in [5.41, 5.74) is 0.887. The van der Waals surface area contributed by atoms with E-state index in [4.69, 9.17) is 4.74 Å². The van der Waals surface area contributed by atoms with Crippen molar-refractivity contribution in [1.82, 2.24) is 5.32 Å². The van der Waals surface area contributed by atoms with Gasteiger partial charge in [0.05, 0.1) is 18.2 Å². The molecule has 0 aliphatic heterocycles. The van der Waals surface area contributed by atoms with Crippen LogP contribution in [0.5, 0.6) is 0 Å². The van der Waals surface area contributed by atoms with Crippen molar-refractivity contribution in [3.63, 3.8) is 0 Å². The van der Waals surface area contributed by atoms with Gasteiger partial charge in [-0.2, -0.15) is 13.2 Å². The first kappa shape index (κ1) is 17.0. The lowest BCUT2D eigenvalue weighted by atomic mass is 9.99. The van der Waals surface area contributed by atoms with Gasteiger partial charge in [-0.15, -0.1) is 0 Å². The highest BCUT2D eigenvalue weighted by molar-refractivity contribution is 5.34. The molecule has 1 atom stereocenters. The Hall–Kier alpha value is -1.07. The monoisotopic (exact) mass is 289 g/mol. The molecule has 1 N–H and O–H groups in total. The Morgan fingerprint density at radius 2 is 1.95 bits per heavy atom. The molecule has 1 unspecified atom stereocenters. The molecule has 2 nitrogen and oxygen atoms in total. The molecule has 0 saturated carbocycles. The van der Waals surface area contributed by atoms with Crippen LogP contribution in [0, 0.1) is 6.92 Å². The van der Waals surface area contributed by atoms with Crippen LogP contribution in [0.1, 0.15) is 43.0 Å². The number of nitrogens with one attached hydrogen (secondary N) is 1. The Balaban J connectivity index is 2.95. The molecule has 0 bridgehead atoms. The van der Waals surface area contributed by atoms with E-state index in [1.807, 2.05) is 13.8 Å². The maximum atomic E-state index is 12.7. The normalized spacial score (nSPS) is 13.5. The Kier molecular flexibility index (Phi) is 6.49. The first-order valence-corrected chi connectivity index (χ1v) is 6.89. The zero-order valence-electron chi connectivity index (χ0n) is 12.2. The minimum absolute atomic E-state index is 0.0721. The van der Waals surface area contributed by atoms with Gasteiger partial charge in [-0.1, -0.05) is 13.0 Å². The summed E-state index contributed by atoms with van der Waals surface area (Å²) in [6, 6.07) is 3.80. The third kappa shape index (κ3) is 4.80. The lowest BCUT2D eigenvalue weighted by molar-refractivity contribution is -0.137. The Bertz CT molecular complexity index is 410. The predicted molar refractivity (Wildman–Crippen MR) is 73.7 cm³/mol. The zero-order valence-corrected chi connectivity index (χ0v) is 12.2. The van der Waals surface area contributed by atoms with Gasteiger partial charge < -0.3 is 10.1 Å². The average molecular weight is 289 g/mol. The molecular weight excluding hydrogens is 267 g/mol. The van der Waals surface area contributed by atoms with Gasteiger partial charge in [0.1, 0.15) is 0 Å². The van der Waals surface area contributed by atoms with Crippen molar-refractivity contribution in [3.8, 4) is 0 Å². The quantitative estimate of drug-likeness (QED) is 0.816. The summed E-state index contributed by atoms with van der Waals surface area (Å²) >= 11 is 0. The van der Waals surface area contributed by atoms with Crippen molar-refractivity contribution in [2.45, 2.75) is 39.4 Å². The molecule has 0 aliphatic rings. The molecule has 114 valence electrons. The second-order valence-corrected chi connectivity index (χ2v) is 4.74. The summed E-state index contributed by atoms with van der Waals surface area (Å²) in [6.45, 7) is 7.50. The van der Waals surface area contributed by atoms with Crippen molar-refractivity contribution in [2.75, 3.05) is 19.8 Å². The molecule has 5 heteroatoms. The molecule has 0 radical (unpaired) electrons. The largest absolute Gasteiger partial charge is 0.416 e. The van der Waals surface area contributed by atoms with Gasteiger partial charge in [-0.25, -0.2) is 0 Å². The average Bonchev–Trinajstić information content (AvgIpc) is 2.38. The van der Waals surface area contributed by atoms with E-state index in [1.165, 1.54) is 6.07 Å². The van der Waals surface area contributed by atoms with E-state index in [9.17, 15) is 13.2 Å². The Morgan fingerprint density at radius 3 is 2.45 bits per heavy atom. The minimum Gasteiger partial charge on any atom is -0.380 e. The van der Waals surface area contributed by atoms with E-state index >= 15 is 0 Å². The van der Waals surface area contributed by atoms with Crippen LogP contribution in [0.25, 0.3) is 0 Å². The summed E-state index contributed by atoms with van der Waals surface area (Å²) in [5, 5.41) is 3.31. The molecule has 0 amide bonds. The van der Waals surface area contributed by atoms with Crippen LogP contribution >= 0.6 is 0 Å². The number of ether oxygens (including phenoxy) is 1. The maximum absolute atomic E-state index is 12.7. The minimum atomic E-state index is -4.30. The Morgan fingerprint density at radius 1 is 1.25 bits per heavy atom. The second kappa shape index (κ2) is 7.64. The third-order valence-electron chi connectivity index (χ3n) is 3.10. The van der Waals surface area contributed by atoms with Gasteiger partial charge in [-0.05, 0) is 50.1 Å². The van der Waals surface area contributed by atoms with Gasteiger partial charge >= 0.3 is 6.18 Å². The van der Waals surface area contributed by atoms with Crippen LogP contribution in [0.2, 0.25) is 0 Å². The van der Waals surface area contributed by atoms with Gasteiger partial charge in [0, 0.05) is 6.61 Å². The predicted octanol–water partition coefficient (Wildman–Crippen LogP) is 4.09. The fourth-order valence-corrected chi connectivity index (χ4v) is 2.06. The highest BCUT2D eigenvalue weighted by Crippen LogP contribution is 2.31. The fraction of sp³-hybridized carbons (Fsp3) is 0.600. The van der Waals surface area contributed by atoms with Crippen molar-refractivity contribution in [2.24, 2.45) is 0 Å². The van der Waals surface area contributed by atoms with Crippen LogP contribution in [-0.4, -0.2) is 19.8 Å². The summed E-state index contributed by atoms with van der Waals surface area (Å²) in [4.78, 5) is 0. The van der Waals surface area contributed by atoms with Crippen LogP contribution in [0.4, 0.5) is 13.2 Å². The molecule has 0 saturated heterocycles. The first-order valence-electron chi connectivity index (χ1n) is 6.89. The molecule has 0 fully saturated rings. The van der Waals surface area contributed by atoms with Crippen molar-refractivity contribution in [3.05, 3.63) is 34.9 Å². The van der Waals surface area contributed by atoms with Crippen LogP contribution in [-0.2, 0) is 10.9 Å². The number of aryl methyl sites for hydroxylation is 1. The molecule has 20 heavy (non-hydrogen) atoms. The lowest BCUT2D eigenvalue weighted by Crippen LogP contribution is -2.27. The summed E-state index contributed by atoms with van der Waals surface area (Å²) in [5.74, 6) is 0. The van der Waals surface area contributed by atoms with Crippen LogP contribution in [0.3, 0.4) is 0 Å². The van der Waals surface area contributed by atoms with Gasteiger partial charge in [0.25, 0.3) is 0 Å². The van der Waals surface area contributed by atoms with E-state index < -0.39 is 11.7 Å². The number of hydrogen-bond donors (Lipinski definition) is 1. The molecule has 0 spiro atoms. The number of hydrogen-bond acceptors (Lipinski definition) is 2. The van der Waals surface area contributed by atoms with Crippen LogP contribution in [0.15, 0.2) is 18.2 Å². The smallest absolute Gasteiger partial charge is 0.380 e. The van der Waals surface area contributed by atoms with E-state index in [2.05, 4.69) is 5.32 Å². The number of alkyl halides is 3. The van der Waals surface area contributed by atoms with Crippen LogP contribution < -0.4 is 5.32 Å². The summed E-state index contributed by atoms with van der Waals surface area (Å²) < 4.78 is 43.4. The summed E-state index contributed by atoms with van der Waals surface area (Å²) in [6.07, 6.45) is -3.34. The molecular formula is C15H22F3NO. The first-order chi connectivity index (χ1) is 9.40. The highest BCUT2D eigenvalue weighted by atomic mass is 19.4. The van der Waals surface area contributed by atoms with Gasteiger partial charge in [-0.3, -0.25) is 0 Å². The van der Waals surface area contributed by atoms with Crippen molar-refractivity contribution in [1.29, 1.82) is 0 Å². The molecule has 0 aromatic heterocycles. The topological polar surface area (TPSA) is 21.3 Å². The maximum Gasteiger partial charge on any atom is 0.416 e. The molecule has 1 aromatic carbocycles. The molecule has 1 rings (SSSR count). The van der Waals surface area contributed by atoms with E-state index in [0.29, 0.717) is 18.8 Å². The second-order valence-electron chi connectivity index (χ2n) is 4.74.